The standard InChI is InChI=1S/C19H17N4/c1-2-12-23-18-13-20-19(15-8-4-3-5-9-15)16-10-6-7-11-17(16)22(18)14-21-23/h2-11,14H,1,12-13H2/q+1. The van der Waals surface area contributed by atoms with E-state index in [-0.39, 0.29) is 0 Å². The van der Waals surface area contributed by atoms with E-state index in [2.05, 4.69) is 46.6 Å². The van der Waals surface area contributed by atoms with E-state index in [1.807, 2.05) is 41.4 Å². The molecular formula is C19H17N4+. The molecule has 112 valence electrons. The van der Waals surface area contributed by atoms with Gasteiger partial charge < -0.3 is 0 Å². The maximum Gasteiger partial charge on any atom is 0.270 e. The van der Waals surface area contributed by atoms with Gasteiger partial charge in [0.05, 0.1) is 5.71 Å². The summed E-state index contributed by atoms with van der Waals surface area (Å²) in [5.74, 6) is 1.06. The van der Waals surface area contributed by atoms with E-state index in [1.54, 1.807) is 0 Å². The monoisotopic (exact) mass is 301 g/mol. The number of hydrogen-bond donors (Lipinski definition) is 0. The second-order valence-corrected chi connectivity index (χ2v) is 5.44. The number of fused-ring (bicyclic) bond motifs is 3. The molecule has 0 spiro atoms. The Morgan fingerprint density at radius 2 is 1.87 bits per heavy atom. The summed E-state index contributed by atoms with van der Waals surface area (Å²) in [6, 6.07) is 18.7. The van der Waals surface area contributed by atoms with Gasteiger partial charge in [-0.05, 0) is 12.1 Å². The van der Waals surface area contributed by atoms with Crippen LogP contribution in [0.5, 0.6) is 0 Å². The van der Waals surface area contributed by atoms with Gasteiger partial charge in [-0.2, -0.15) is 4.57 Å². The SMILES string of the molecule is C=CCn1nc[n+]2c1CN=C(c1ccccc1)c1ccccc1-2. The van der Waals surface area contributed by atoms with Crippen molar-refractivity contribution in [2.24, 2.45) is 4.99 Å². The van der Waals surface area contributed by atoms with Gasteiger partial charge in [-0.15, -0.1) is 4.68 Å². The fourth-order valence-electron chi connectivity index (χ4n) is 2.97. The van der Waals surface area contributed by atoms with Crippen LogP contribution in [0.3, 0.4) is 0 Å². The van der Waals surface area contributed by atoms with Crippen LogP contribution in [0.15, 0.2) is 78.6 Å². The highest BCUT2D eigenvalue weighted by atomic mass is 15.4. The molecule has 0 bridgehead atoms. The third-order valence-corrected chi connectivity index (χ3v) is 4.03. The van der Waals surface area contributed by atoms with Gasteiger partial charge in [-0.1, -0.05) is 55.1 Å². The van der Waals surface area contributed by atoms with Crippen LogP contribution < -0.4 is 4.57 Å². The van der Waals surface area contributed by atoms with Gasteiger partial charge >= 0.3 is 0 Å². The number of para-hydroxylation sites is 1. The molecule has 1 aliphatic rings. The Morgan fingerprint density at radius 3 is 2.70 bits per heavy atom. The lowest BCUT2D eigenvalue weighted by atomic mass is 10.0. The maximum absolute atomic E-state index is 4.89. The van der Waals surface area contributed by atoms with E-state index in [4.69, 9.17) is 4.99 Å². The molecule has 0 fully saturated rings. The van der Waals surface area contributed by atoms with Crippen LogP contribution in [0.25, 0.3) is 5.69 Å². The van der Waals surface area contributed by atoms with Gasteiger partial charge in [-0.25, -0.2) is 0 Å². The Hall–Kier alpha value is -3.01. The van der Waals surface area contributed by atoms with E-state index < -0.39 is 0 Å². The average molecular weight is 301 g/mol. The Kier molecular flexibility index (Phi) is 3.35. The molecule has 0 N–H and O–H groups in total. The van der Waals surface area contributed by atoms with Gasteiger partial charge in [0.25, 0.3) is 12.2 Å². The van der Waals surface area contributed by atoms with Gasteiger partial charge in [0.2, 0.25) is 0 Å². The zero-order valence-corrected chi connectivity index (χ0v) is 12.8. The van der Waals surface area contributed by atoms with Crippen molar-refractivity contribution in [2.75, 3.05) is 0 Å². The van der Waals surface area contributed by atoms with Crippen molar-refractivity contribution in [3.05, 3.63) is 90.5 Å². The minimum absolute atomic E-state index is 0.590. The lowest BCUT2D eigenvalue weighted by Crippen LogP contribution is -2.34. The number of allylic oxidation sites excluding steroid dienone is 1. The largest absolute Gasteiger partial charge is 0.273 e. The summed E-state index contributed by atoms with van der Waals surface area (Å²) in [7, 11) is 0. The Bertz CT molecular complexity index is 891. The second-order valence-electron chi connectivity index (χ2n) is 5.44. The van der Waals surface area contributed by atoms with Crippen LogP contribution in [-0.4, -0.2) is 15.5 Å². The van der Waals surface area contributed by atoms with Gasteiger partial charge in [-0.3, -0.25) is 4.99 Å². The number of aromatic nitrogens is 3. The van der Waals surface area contributed by atoms with Gasteiger partial charge in [0, 0.05) is 16.2 Å². The molecule has 0 saturated heterocycles. The van der Waals surface area contributed by atoms with E-state index in [0.29, 0.717) is 13.1 Å². The van der Waals surface area contributed by atoms with E-state index >= 15 is 0 Å². The molecule has 4 rings (SSSR count). The molecule has 0 radical (unpaired) electrons. The first-order valence-corrected chi connectivity index (χ1v) is 7.65. The van der Waals surface area contributed by atoms with Crippen molar-refractivity contribution in [1.29, 1.82) is 0 Å². The molecule has 0 saturated carbocycles. The first-order chi connectivity index (χ1) is 11.4. The first-order valence-electron chi connectivity index (χ1n) is 7.65. The van der Waals surface area contributed by atoms with Gasteiger partial charge in [0.1, 0.15) is 18.8 Å². The number of nitrogens with zero attached hydrogens (tertiary/aromatic N) is 4. The number of aliphatic imine (C=N–C) groups is 1. The topological polar surface area (TPSA) is 34.1 Å². The molecule has 1 aliphatic heterocycles. The molecule has 3 aromatic rings. The quantitative estimate of drug-likeness (QED) is 0.541. The lowest BCUT2D eigenvalue weighted by Gasteiger charge is -2.08. The van der Waals surface area contributed by atoms with Crippen LogP contribution in [-0.2, 0) is 13.1 Å². The van der Waals surface area contributed by atoms with Crippen LogP contribution in [0.1, 0.15) is 17.0 Å². The van der Waals surface area contributed by atoms with Crippen molar-refractivity contribution >= 4 is 5.71 Å². The maximum atomic E-state index is 4.89. The normalized spacial score (nSPS) is 12.8. The van der Waals surface area contributed by atoms with Crippen LogP contribution in [0.4, 0.5) is 0 Å². The predicted molar refractivity (Wildman–Crippen MR) is 89.7 cm³/mol. The fraction of sp³-hybridized carbons (Fsp3) is 0.105. The molecule has 2 aromatic carbocycles. The molecule has 2 heterocycles. The minimum atomic E-state index is 0.590. The summed E-state index contributed by atoms with van der Waals surface area (Å²) in [4.78, 5) is 4.89. The highest BCUT2D eigenvalue weighted by Crippen LogP contribution is 2.20. The molecular weight excluding hydrogens is 284 g/mol. The zero-order chi connectivity index (χ0) is 15.6. The second kappa shape index (κ2) is 5.65. The number of hydrogen-bond acceptors (Lipinski definition) is 2. The average Bonchev–Trinajstić information content (AvgIpc) is 2.92. The number of benzene rings is 2. The van der Waals surface area contributed by atoms with Crippen molar-refractivity contribution < 1.29 is 4.57 Å². The van der Waals surface area contributed by atoms with Crippen LogP contribution in [0.2, 0.25) is 0 Å². The summed E-state index contributed by atoms with van der Waals surface area (Å²) in [6.07, 6.45) is 3.72. The minimum Gasteiger partial charge on any atom is -0.273 e. The summed E-state index contributed by atoms with van der Waals surface area (Å²) < 4.78 is 4.07. The molecule has 0 amide bonds. The predicted octanol–water partition coefficient (Wildman–Crippen LogP) is 2.70. The smallest absolute Gasteiger partial charge is 0.270 e. The summed E-state index contributed by atoms with van der Waals surface area (Å²) in [6.45, 7) is 5.08. The van der Waals surface area contributed by atoms with Crippen molar-refractivity contribution in [3.63, 3.8) is 0 Å². The first kappa shape index (κ1) is 13.6. The van der Waals surface area contributed by atoms with Crippen molar-refractivity contribution in [2.45, 2.75) is 13.1 Å². The number of rotatable bonds is 3. The molecule has 1 aromatic heterocycles. The molecule has 4 heteroatoms. The fourth-order valence-corrected chi connectivity index (χ4v) is 2.97. The molecule has 0 aliphatic carbocycles. The highest BCUT2D eigenvalue weighted by Gasteiger charge is 2.25. The third-order valence-electron chi connectivity index (χ3n) is 4.03. The van der Waals surface area contributed by atoms with E-state index in [0.717, 1.165) is 28.4 Å². The van der Waals surface area contributed by atoms with Crippen molar-refractivity contribution in [1.82, 2.24) is 9.78 Å². The van der Waals surface area contributed by atoms with Crippen molar-refractivity contribution in [3.8, 4) is 5.69 Å². The van der Waals surface area contributed by atoms with E-state index in [1.165, 1.54) is 0 Å². The molecule has 4 nitrogen and oxygen atoms in total. The van der Waals surface area contributed by atoms with Gasteiger partial charge in [0.15, 0.2) is 0 Å². The Labute approximate surface area is 135 Å². The summed E-state index contributed by atoms with van der Waals surface area (Å²) in [5, 5.41) is 4.46. The zero-order valence-electron chi connectivity index (χ0n) is 12.8. The third kappa shape index (κ3) is 2.28. The Balaban J connectivity index is 1.94. The molecule has 23 heavy (non-hydrogen) atoms. The van der Waals surface area contributed by atoms with E-state index in [9.17, 15) is 0 Å². The molecule has 0 atom stereocenters. The van der Waals surface area contributed by atoms with Crippen LogP contribution >= 0.6 is 0 Å². The molecule has 0 unspecified atom stereocenters. The summed E-state index contributed by atoms with van der Waals surface area (Å²) >= 11 is 0. The lowest BCUT2D eigenvalue weighted by molar-refractivity contribution is -0.605. The Morgan fingerprint density at radius 1 is 1.09 bits per heavy atom. The summed E-state index contributed by atoms with van der Waals surface area (Å²) in [5.41, 5.74) is 4.39. The van der Waals surface area contributed by atoms with Crippen LogP contribution in [0, 0.1) is 0 Å². The highest BCUT2D eigenvalue weighted by molar-refractivity contribution is 6.14.